The monoisotopic (exact) mass is 171 g/mol. The Hall–Kier alpha value is -0.890. The van der Waals surface area contributed by atoms with Crippen LogP contribution >= 0.6 is 0 Å². The second-order valence-electron chi connectivity index (χ2n) is 2.43. The van der Waals surface area contributed by atoms with Gasteiger partial charge in [0.05, 0.1) is 6.85 Å². The molecule has 0 aliphatic carbocycles. The Morgan fingerprint density at radius 2 is 2.83 bits per heavy atom. The molecule has 1 fully saturated rings. The smallest absolute Gasteiger partial charge is 0.0843 e. The van der Waals surface area contributed by atoms with Crippen molar-refractivity contribution < 1.29 is 12.3 Å². The highest BCUT2D eigenvalue weighted by atomic mass is 15.1. The fourth-order valence-corrected chi connectivity index (χ4v) is 1.05. The van der Waals surface area contributed by atoms with E-state index in [0.717, 1.165) is 4.90 Å². The van der Waals surface area contributed by atoms with Crippen molar-refractivity contribution >= 4 is 0 Å². The van der Waals surface area contributed by atoms with Crippen LogP contribution in [0.2, 0.25) is 0 Å². The Morgan fingerprint density at radius 1 is 1.92 bits per heavy atom. The summed E-state index contributed by atoms with van der Waals surface area (Å²) in [5, 5.41) is 0. The zero-order chi connectivity index (χ0) is 16.4. The second-order valence-corrected chi connectivity index (χ2v) is 2.43. The summed E-state index contributed by atoms with van der Waals surface area (Å²) >= 11 is 0. The fraction of sp³-hybridized carbons (Fsp3) is 0.500. The maximum Gasteiger partial charge on any atom is 0.0843 e. The van der Waals surface area contributed by atoms with Crippen LogP contribution < -0.4 is 0 Å². The molecule has 0 aromatic carbocycles. The topological polar surface area (TPSA) is 16.1 Å². The van der Waals surface area contributed by atoms with Gasteiger partial charge in [-0.25, -0.2) is 0 Å². The third-order valence-corrected chi connectivity index (χ3v) is 1.66. The first-order valence-corrected chi connectivity index (χ1v) is 3.55. The Labute approximate surface area is 85.9 Å². The molecule has 12 heavy (non-hydrogen) atoms. The summed E-state index contributed by atoms with van der Waals surface area (Å²) in [6.07, 6.45) is -4.09. The van der Waals surface area contributed by atoms with Crippen LogP contribution in [-0.2, 0) is 0 Å². The largest absolute Gasteiger partial charge is 0.299 e. The lowest BCUT2D eigenvalue weighted by molar-refractivity contribution is 0.317. The standard InChI is InChI=1S/C10H14N2/c1-12-7-3-5-10(12)9-4-2-6-11-8-9/h2,4,6,8,10H,3,5,7H2,1H3/t10-/m0/s1/i2D,3D2,4D,6D,7D2,8D,10D. The second kappa shape index (κ2) is 3.23. The van der Waals surface area contributed by atoms with Crippen molar-refractivity contribution in [3.05, 3.63) is 30.0 Å². The molecule has 1 saturated heterocycles. The quantitative estimate of drug-likeness (QED) is 0.641. The molecular formula is C10H14N2. The van der Waals surface area contributed by atoms with E-state index in [1.165, 1.54) is 7.05 Å². The zero-order valence-corrected chi connectivity index (χ0v) is 6.60. The minimum absolute atomic E-state index is 0.351. The summed E-state index contributed by atoms with van der Waals surface area (Å²) in [7, 11) is 1.20. The van der Waals surface area contributed by atoms with Gasteiger partial charge in [-0.1, -0.05) is 6.04 Å². The van der Waals surface area contributed by atoms with Gasteiger partial charge in [-0.05, 0) is 37.9 Å². The molecule has 1 aromatic heterocycles. The first-order valence-electron chi connectivity index (χ1n) is 8.05. The van der Waals surface area contributed by atoms with E-state index in [4.69, 9.17) is 12.3 Å². The molecule has 0 saturated carbocycles. The molecule has 2 nitrogen and oxygen atoms in total. The third kappa shape index (κ3) is 1.34. The first-order chi connectivity index (χ1) is 9.36. The van der Waals surface area contributed by atoms with Gasteiger partial charge in [0.2, 0.25) is 0 Å². The minimum atomic E-state index is -2.46. The van der Waals surface area contributed by atoms with E-state index >= 15 is 0 Å². The van der Waals surface area contributed by atoms with Gasteiger partial charge in [-0.3, -0.25) is 9.88 Å². The van der Waals surface area contributed by atoms with Crippen molar-refractivity contribution in [2.24, 2.45) is 0 Å². The van der Waals surface area contributed by atoms with Gasteiger partial charge in [0.15, 0.2) is 0 Å². The van der Waals surface area contributed by atoms with E-state index < -0.39 is 49.7 Å². The number of pyridine rings is 1. The Balaban J connectivity index is 2.71. The number of aromatic nitrogens is 1. The molecule has 0 N–H and O–H groups in total. The van der Waals surface area contributed by atoms with Gasteiger partial charge in [0.1, 0.15) is 0 Å². The van der Waals surface area contributed by atoms with Crippen molar-refractivity contribution in [3.63, 3.8) is 0 Å². The van der Waals surface area contributed by atoms with Crippen LogP contribution in [0.25, 0.3) is 0 Å². The number of rotatable bonds is 1. The number of hydrogen-bond donors (Lipinski definition) is 0. The molecule has 0 unspecified atom stereocenters. The summed E-state index contributed by atoms with van der Waals surface area (Å²) in [6.45, 7) is -2.46. The molecule has 0 radical (unpaired) electrons. The molecule has 0 amide bonds. The molecule has 0 bridgehead atoms. The van der Waals surface area contributed by atoms with Crippen LogP contribution in [0, 0.1) is 0 Å². The lowest BCUT2D eigenvalue weighted by Crippen LogP contribution is -2.17. The van der Waals surface area contributed by atoms with Crippen LogP contribution in [0.1, 0.15) is 36.7 Å². The summed E-state index contributed by atoms with van der Waals surface area (Å²) in [4.78, 5) is 4.30. The number of nitrogens with zero attached hydrogens (tertiary/aromatic N) is 2. The molecule has 2 heteroatoms. The predicted molar refractivity (Wildman–Crippen MR) is 48.8 cm³/mol. The van der Waals surface area contributed by atoms with Crippen LogP contribution in [-0.4, -0.2) is 23.4 Å². The van der Waals surface area contributed by atoms with E-state index in [0.29, 0.717) is 0 Å². The molecular weight excluding hydrogens is 148 g/mol. The van der Waals surface area contributed by atoms with Gasteiger partial charge in [-0.2, -0.15) is 0 Å². The first kappa shape index (κ1) is 2.55. The fourth-order valence-electron chi connectivity index (χ4n) is 1.05. The highest BCUT2D eigenvalue weighted by molar-refractivity contribution is 5.14. The predicted octanol–water partition coefficient (Wildman–Crippen LogP) is 1.85. The molecule has 2 rings (SSSR count). The maximum atomic E-state index is 8.41. The van der Waals surface area contributed by atoms with Crippen molar-refractivity contribution in [3.8, 4) is 0 Å². The van der Waals surface area contributed by atoms with Crippen molar-refractivity contribution in [2.45, 2.75) is 18.8 Å². The summed E-state index contributed by atoms with van der Waals surface area (Å²) in [5.74, 6) is 0. The normalized spacial score (nSPS) is 49.9. The van der Waals surface area contributed by atoms with Gasteiger partial charge in [0, 0.05) is 23.8 Å². The van der Waals surface area contributed by atoms with Crippen LogP contribution in [0.3, 0.4) is 0 Å². The van der Waals surface area contributed by atoms with Crippen molar-refractivity contribution in [1.29, 1.82) is 0 Å². The van der Waals surface area contributed by atoms with E-state index in [-0.39, 0.29) is 5.56 Å². The molecule has 1 aliphatic rings. The SMILES string of the molecule is [2H]c1nc([2H])c([C@]2([2H])CC([2H])([2H])C([2H])([2H])N2C)c([2H])c1[2H]. The lowest BCUT2D eigenvalue weighted by Gasteiger charge is -2.18. The summed E-state index contributed by atoms with van der Waals surface area (Å²) in [6, 6.07) is -3.15. The molecule has 1 aliphatic heterocycles. The van der Waals surface area contributed by atoms with Gasteiger partial charge in [0.25, 0.3) is 0 Å². The van der Waals surface area contributed by atoms with Gasteiger partial charge < -0.3 is 0 Å². The average Bonchev–Trinajstić information content (AvgIpc) is 2.45. The molecule has 0 spiro atoms. The third-order valence-electron chi connectivity index (χ3n) is 1.66. The summed E-state index contributed by atoms with van der Waals surface area (Å²) < 4.78 is 70.1. The molecule has 1 aromatic rings. The van der Waals surface area contributed by atoms with Gasteiger partial charge >= 0.3 is 0 Å². The molecule has 2 heterocycles. The van der Waals surface area contributed by atoms with Crippen LogP contribution in [0.15, 0.2) is 24.4 Å². The number of likely N-dealkylation sites (tertiary alicyclic amines) is 1. The van der Waals surface area contributed by atoms with Crippen LogP contribution in [0.4, 0.5) is 0 Å². The zero-order valence-electron chi connectivity index (χ0n) is 15.6. The van der Waals surface area contributed by atoms with E-state index in [2.05, 4.69) is 4.98 Å². The van der Waals surface area contributed by atoms with E-state index in [9.17, 15) is 0 Å². The Morgan fingerprint density at radius 3 is 3.58 bits per heavy atom. The van der Waals surface area contributed by atoms with Crippen molar-refractivity contribution in [2.75, 3.05) is 13.5 Å². The number of hydrogen-bond acceptors (Lipinski definition) is 2. The Kier molecular flexibility index (Phi) is 0.687. The van der Waals surface area contributed by atoms with Crippen molar-refractivity contribution in [1.82, 2.24) is 9.88 Å². The average molecular weight is 171 g/mol. The van der Waals surface area contributed by atoms with Crippen LogP contribution in [0.5, 0.6) is 0 Å². The highest BCUT2D eigenvalue weighted by Crippen LogP contribution is 2.29. The highest BCUT2D eigenvalue weighted by Gasteiger charge is 2.21. The van der Waals surface area contributed by atoms with Gasteiger partial charge in [-0.15, -0.1) is 0 Å². The molecule has 64 valence electrons. The Bertz CT molecular complexity index is 603. The van der Waals surface area contributed by atoms with E-state index in [1.54, 1.807) is 0 Å². The minimum Gasteiger partial charge on any atom is -0.299 e. The summed E-state index contributed by atoms with van der Waals surface area (Å²) in [5.41, 5.74) is -0.351. The maximum absolute atomic E-state index is 8.41. The van der Waals surface area contributed by atoms with E-state index in [1.807, 2.05) is 0 Å². The molecule has 1 atom stereocenters. The lowest BCUT2D eigenvalue weighted by atomic mass is 10.1.